The van der Waals surface area contributed by atoms with E-state index in [9.17, 15) is 23.1 Å². The van der Waals surface area contributed by atoms with Gasteiger partial charge in [-0.25, -0.2) is 4.79 Å². The Hall–Kier alpha value is -3.98. The van der Waals surface area contributed by atoms with Gasteiger partial charge in [-0.3, -0.25) is 0 Å². The number of nitrogens with zero attached hydrogens (tertiary/aromatic N) is 2. The Kier molecular flexibility index (Phi) is 9.21. The van der Waals surface area contributed by atoms with Crippen LogP contribution in [-0.4, -0.2) is 46.2 Å². The Morgan fingerprint density at radius 2 is 1.78 bits per heavy atom. The number of aliphatic hydroxyl groups is 1. The van der Waals surface area contributed by atoms with Gasteiger partial charge in [-0.15, -0.1) is 0 Å². The van der Waals surface area contributed by atoms with E-state index in [-0.39, 0.29) is 30.1 Å². The highest BCUT2D eigenvalue weighted by atomic mass is 19.4. The van der Waals surface area contributed by atoms with Crippen molar-refractivity contribution in [3.8, 4) is 16.9 Å². The van der Waals surface area contributed by atoms with Gasteiger partial charge in [0.05, 0.1) is 24.3 Å². The smallest absolute Gasteiger partial charge is 0.416 e. The van der Waals surface area contributed by atoms with Crippen LogP contribution in [0.4, 0.5) is 23.7 Å². The van der Waals surface area contributed by atoms with E-state index >= 15 is 0 Å². The zero-order valence-corrected chi connectivity index (χ0v) is 26.5. The number of hydrogen-bond donors (Lipinski definition) is 2. The van der Waals surface area contributed by atoms with Gasteiger partial charge in [0.15, 0.2) is 0 Å². The Morgan fingerprint density at radius 1 is 1.07 bits per heavy atom. The van der Waals surface area contributed by atoms with E-state index in [0.29, 0.717) is 26.1 Å². The number of urea groups is 1. The number of carbonyl (C=O) groups is 1. The van der Waals surface area contributed by atoms with E-state index in [1.54, 1.807) is 9.80 Å². The molecular weight excluding hydrogens is 579 g/mol. The van der Waals surface area contributed by atoms with Crippen molar-refractivity contribution in [2.45, 2.75) is 84.3 Å². The summed E-state index contributed by atoms with van der Waals surface area (Å²) in [6.45, 7) is 10.7. The van der Waals surface area contributed by atoms with Gasteiger partial charge in [0.25, 0.3) is 0 Å². The summed E-state index contributed by atoms with van der Waals surface area (Å²) in [6, 6.07) is 16.6. The fourth-order valence-corrected chi connectivity index (χ4v) is 6.35. The highest BCUT2D eigenvalue weighted by Gasteiger charge is 2.41. The van der Waals surface area contributed by atoms with Crippen LogP contribution in [0.5, 0.6) is 5.75 Å². The first kappa shape index (κ1) is 32.4. The van der Waals surface area contributed by atoms with Crippen molar-refractivity contribution in [3.63, 3.8) is 0 Å². The number of rotatable bonds is 6. The number of ether oxygens (including phenoxy) is 1. The molecule has 0 spiro atoms. The van der Waals surface area contributed by atoms with Crippen molar-refractivity contribution in [1.29, 1.82) is 0 Å². The van der Waals surface area contributed by atoms with Crippen LogP contribution in [0.2, 0.25) is 0 Å². The number of alkyl halides is 3. The maximum atomic E-state index is 14.1. The number of nitrogens with one attached hydrogen (secondary N) is 1. The lowest BCUT2D eigenvalue weighted by Crippen LogP contribution is -2.50. The molecule has 0 saturated carbocycles. The minimum absolute atomic E-state index is 0.0751. The molecule has 0 radical (unpaired) electrons. The number of halogens is 3. The topological polar surface area (TPSA) is 65.0 Å². The molecule has 3 aromatic rings. The van der Waals surface area contributed by atoms with E-state index < -0.39 is 17.3 Å². The van der Waals surface area contributed by atoms with Crippen molar-refractivity contribution < 1.29 is 27.8 Å². The third kappa shape index (κ3) is 7.14. The maximum absolute atomic E-state index is 14.1. The number of anilines is 1. The minimum atomic E-state index is -4.51. The van der Waals surface area contributed by atoms with Gasteiger partial charge < -0.3 is 25.0 Å². The number of aryl methyl sites for hydroxylation is 1. The van der Waals surface area contributed by atoms with E-state index in [1.165, 1.54) is 19.1 Å². The first-order valence-electron chi connectivity index (χ1n) is 15.5. The first-order valence-corrected chi connectivity index (χ1v) is 15.5. The van der Waals surface area contributed by atoms with Crippen molar-refractivity contribution in [3.05, 3.63) is 94.7 Å². The predicted molar refractivity (Wildman–Crippen MR) is 171 cm³/mol. The highest BCUT2D eigenvalue weighted by molar-refractivity contribution is 5.76. The molecule has 3 unspecified atom stereocenters. The standard InChI is InChI=1S/C36H42F3N3O3/c1-6-24(3)40-32-19-27(12-10-23(32)2)26-13-15-33-28(18-26)22-41(16-17-45-33)34(43)42-25(4)11-14-31(42)21-35(5,44)29-8-7-9-30(20-29)36(37,38)39/h6-10,12-13,15,18-20,25,31,40,44H,11,14,16-17,21-22H2,1-5H3/b24-6-. The van der Waals surface area contributed by atoms with E-state index in [4.69, 9.17) is 4.74 Å². The highest BCUT2D eigenvalue weighted by Crippen LogP contribution is 2.38. The molecule has 9 heteroatoms. The summed E-state index contributed by atoms with van der Waals surface area (Å²) in [5.41, 5.74) is 4.01. The molecule has 2 N–H and O–H groups in total. The van der Waals surface area contributed by atoms with Gasteiger partial charge >= 0.3 is 12.2 Å². The first-order chi connectivity index (χ1) is 21.3. The van der Waals surface area contributed by atoms with E-state index in [2.05, 4.69) is 36.5 Å². The van der Waals surface area contributed by atoms with Crippen molar-refractivity contribution in [2.24, 2.45) is 0 Å². The summed E-state index contributed by atoms with van der Waals surface area (Å²) in [7, 11) is 0. The molecule has 2 amide bonds. The second-order valence-corrected chi connectivity index (χ2v) is 12.5. The van der Waals surface area contributed by atoms with Crippen LogP contribution in [0.15, 0.2) is 72.4 Å². The molecule has 5 rings (SSSR count). The molecule has 45 heavy (non-hydrogen) atoms. The van der Waals surface area contributed by atoms with Crippen molar-refractivity contribution >= 4 is 11.7 Å². The number of hydrogen-bond acceptors (Lipinski definition) is 4. The molecule has 6 nitrogen and oxygen atoms in total. The molecule has 0 aliphatic carbocycles. The number of amides is 2. The van der Waals surface area contributed by atoms with Gasteiger partial charge in [0, 0.05) is 35.5 Å². The fourth-order valence-electron chi connectivity index (χ4n) is 6.35. The molecule has 240 valence electrons. The molecule has 0 bridgehead atoms. The number of likely N-dealkylation sites (tertiary alicyclic amines) is 1. The Bertz CT molecular complexity index is 1580. The fraction of sp³-hybridized carbons (Fsp3) is 0.417. The molecule has 3 aromatic carbocycles. The van der Waals surface area contributed by atoms with E-state index in [0.717, 1.165) is 57.9 Å². The lowest BCUT2D eigenvalue weighted by molar-refractivity contribution is -0.137. The third-order valence-electron chi connectivity index (χ3n) is 9.10. The molecule has 0 aromatic heterocycles. The quantitative estimate of drug-likeness (QED) is 0.290. The molecule has 1 saturated heterocycles. The Labute approximate surface area is 263 Å². The van der Waals surface area contributed by atoms with Gasteiger partial charge in [0.2, 0.25) is 0 Å². The number of benzene rings is 3. The van der Waals surface area contributed by atoms with Gasteiger partial charge in [-0.1, -0.05) is 36.4 Å². The van der Waals surface area contributed by atoms with Gasteiger partial charge in [0.1, 0.15) is 12.4 Å². The monoisotopic (exact) mass is 621 g/mol. The van der Waals surface area contributed by atoms with Crippen molar-refractivity contribution in [1.82, 2.24) is 9.80 Å². The normalized spacial score (nSPS) is 20.2. The lowest BCUT2D eigenvalue weighted by atomic mass is 9.87. The number of carbonyl (C=O) groups excluding carboxylic acids is 1. The molecule has 2 heterocycles. The summed E-state index contributed by atoms with van der Waals surface area (Å²) in [5.74, 6) is 0.739. The predicted octanol–water partition coefficient (Wildman–Crippen LogP) is 8.48. The summed E-state index contributed by atoms with van der Waals surface area (Å²) < 4.78 is 46.2. The lowest BCUT2D eigenvalue weighted by Gasteiger charge is -2.37. The summed E-state index contributed by atoms with van der Waals surface area (Å²) >= 11 is 0. The third-order valence-corrected chi connectivity index (χ3v) is 9.10. The van der Waals surface area contributed by atoms with Crippen LogP contribution in [0.3, 0.4) is 0 Å². The summed E-state index contributed by atoms with van der Waals surface area (Å²) in [4.78, 5) is 17.7. The average Bonchev–Trinajstić information content (AvgIpc) is 3.21. The minimum Gasteiger partial charge on any atom is -0.491 e. The number of fused-ring (bicyclic) bond motifs is 1. The van der Waals surface area contributed by atoms with E-state index in [1.807, 2.05) is 39.0 Å². The summed E-state index contributed by atoms with van der Waals surface area (Å²) in [6.07, 6.45) is -0.952. The van der Waals surface area contributed by atoms with Crippen LogP contribution >= 0.6 is 0 Å². The van der Waals surface area contributed by atoms with Crippen molar-refractivity contribution in [2.75, 3.05) is 18.5 Å². The molecule has 2 aliphatic heterocycles. The SMILES string of the molecule is C/C=C(/C)Nc1cc(-c2ccc3c(c2)CN(C(=O)N2C(C)CCC2CC(C)(O)c2cccc(C(F)(F)F)c2)CCO3)ccc1C. The second kappa shape index (κ2) is 12.8. The number of allylic oxidation sites excluding steroid dienone is 2. The van der Waals surface area contributed by atoms with Crippen LogP contribution < -0.4 is 10.1 Å². The molecule has 1 fully saturated rings. The van der Waals surface area contributed by atoms with Crippen LogP contribution in [0, 0.1) is 6.92 Å². The molecule has 2 aliphatic rings. The second-order valence-electron chi connectivity index (χ2n) is 12.5. The zero-order chi connectivity index (χ0) is 32.5. The average molecular weight is 622 g/mol. The molecular formula is C36H42F3N3O3. The van der Waals surface area contributed by atoms with Gasteiger partial charge in [-0.2, -0.15) is 13.2 Å². The Morgan fingerprint density at radius 3 is 2.51 bits per heavy atom. The van der Waals surface area contributed by atoms with Crippen LogP contribution in [0.1, 0.15) is 69.2 Å². The van der Waals surface area contributed by atoms with Gasteiger partial charge in [-0.05, 0) is 100 Å². The largest absolute Gasteiger partial charge is 0.491 e. The van der Waals surface area contributed by atoms with Crippen LogP contribution in [0.25, 0.3) is 11.1 Å². The molecule has 3 atom stereocenters. The maximum Gasteiger partial charge on any atom is 0.416 e. The van der Waals surface area contributed by atoms with Crippen LogP contribution in [-0.2, 0) is 18.3 Å². The Balaban J connectivity index is 1.36. The summed E-state index contributed by atoms with van der Waals surface area (Å²) in [5, 5.41) is 14.8. The zero-order valence-electron chi connectivity index (χ0n) is 26.5.